The van der Waals surface area contributed by atoms with Crippen LogP contribution in [0.15, 0.2) is 59.9 Å². The molecule has 37 heavy (non-hydrogen) atoms. The highest BCUT2D eigenvalue weighted by molar-refractivity contribution is 5.70. The van der Waals surface area contributed by atoms with Crippen LogP contribution in [0.1, 0.15) is 43.2 Å². The van der Waals surface area contributed by atoms with Crippen molar-refractivity contribution in [2.45, 2.75) is 51.2 Å². The summed E-state index contributed by atoms with van der Waals surface area (Å²) in [6.45, 7) is 1.99. The molecule has 1 N–H and O–H groups in total. The van der Waals surface area contributed by atoms with Gasteiger partial charge in [0.25, 0.3) is 0 Å². The molecule has 1 aliphatic heterocycles. The van der Waals surface area contributed by atoms with Gasteiger partial charge in [-0.2, -0.15) is 13.2 Å². The molecule has 0 atom stereocenters. The van der Waals surface area contributed by atoms with Crippen molar-refractivity contribution in [1.29, 1.82) is 0 Å². The molecule has 0 saturated heterocycles. The summed E-state index contributed by atoms with van der Waals surface area (Å²) in [5, 5.41) is 5.99. The minimum absolute atomic E-state index is 0.263. The molecule has 188 valence electrons. The van der Waals surface area contributed by atoms with Crippen LogP contribution in [0.5, 0.6) is 0 Å². The largest absolute Gasteiger partial charge is 0.416 e. The van der Waals surface area contributed by atoms with Gasteiger partial charge in [-0.05, 0) is 87.1 Å². The van der Waals surface area contributed by atoms with Crippen LogP contribution in [0.2, 0.25) is 0 Å². The zero-order valence-electron chi connectivity index (χ0n) is 20.4. The molecule has 1 aromatic heterocycles. The second-order valence-corrected chi connectivity index (χ2v) is 9.70. The van der Waals surface area contributed by atoms with Crippen molar-refractivity contribution in [3.63, 3.8) is 0 Å². The Labute approximate surface area is 212 Å². The van der Waals surface area contributed by atoms with Crippen molar-refractivity contribution < 1.29 is 13.2 Å². The smallest absolute Gasteiger partial charge is 0.352 e. The molecule has 2 heterocycles. The first-order valence-corrected chi connectivity index (χ1v) is 12.5. The van der Waals surface area contributed by atoms with E-state index in [-0.39, 0.29) is 6.04 Å². The highest BCUT2D eigenvalue weighted by atomic mass is 19.4. The van der Waals surface area contributed by atoms with Gasteiger partial charge in [0, 0.05) is 11.9 Å². The fourth-order valence-electron chi connectivity index (χ4n) is 4.83. The number of hydrogen-bond donors (Lipinski definition) is 1. The van der Waals surface area contributed by atoms with E-state index in [4.69, 9.17) is 9.98 Å². The van der Waals surface area contributed by atoms with Crippen LogP contribution >= 0.6 is 0 Å². The molecule has 6 rings (SSSR count). The number of nitrogens with zero attached hydrogens (tertiary/aromatic N) is 4. The van der Waals surface area contributed by atoms with E-state index in [0.717, 1.165) is 88.6 Å². The first kappa shape index (κ1) is 23.5. The lowest BCUT2D eigenvalue weighted by atomic mass is 9.94. The number of nitrogens with one attached hydrogen (secondary N) is 1. The number of benzene rings is 2. The third-order valence-electron chi connectivity index (χ3n) is 6.92. The molecular weight excluding hydrogens is 475 g/mol. The molecule has 4 aliphatic rings. The first-order chi connectivity index (χ1) is 17.8. The number of anilines is 2. The maximum atomic E-state index is 13.3. The molecule has 2 aromatic rings. The van der Waals surface area contributed by atoms with Crippen LogP contribution in [-0.2, 0) is 6.18 Å². The van der Waals surface area contributed by atoms with Gasteiger partial charge >= 0.3 is 6.18 Å². The fourth-order valence-corrected chi connectivity index (χ4v) is 4.83. The second-order valence-electron chi connectivity index (χ2n) is 9.70. The zero-order chi connectivity index (χ0) is 25.6. The molecule has 0 spiro atoms. The van der Waals surface area contributed by atoms with Crippen LogP contribution in [0.25, 0.3) is 29.2 Å². The van der Waals surface area contributed by atoms with Crippen molar-refractivity contribution in [2.24, 2.45) is 4.99 Å². The Hall–Kier alpha value is -3.94. The minimum atomic E-state index is -4.39. The number of aryl methyl sites for hydroxylation is 1. The monoisotopic (exact) mass is 501 g/mol. The molecule has 0 amide bonds. The lowest BCUT2D eigenvalue weighted by molar-refractivity contribution is -0.137. The number of aromatic nitrogens is 3. The van der Waals surface area contributed by atoms with E-state index in [9.17, 15) is 13.2 Å². The summed E-state index contributed by atoms with van der Waals surface area (Å²) in [7, 11) is 0. The molecular formula is C29H26F3N5. The normalized spacial score (nSPS) is 16.1. The second kappa shape index (κ2) is 9.18. The molecule has 5 nitrogen and oxygen atoms in total. The van der Waals surface area contributed by atoms with Gasteiger partial charge < -0.3 is 9.88 Å². The number of alkyl halides is 3. The van der Waals surface area contributed by atoms with Crippen molar-refractivity contribution >= 4 is 23.5 Å². The average molecular weight is 502 g/mol. The highest BCUT2D eigenvalue weighted by Crippen LogP contribution is 2.31. The molecule has 1 saturated carbocycles. The summed E-state index contributed by atoms with van der Waals surface area (Å²) in [5.74, 6) is 0. The SMILES string of the molecule is Cc1cncc(Nc2cc3nc4c(n(-c5ccc(C(F)(F)F)cc5)c-3cc2=NC2CCC2)=CCCC=4)c1. The average Bonchev–Trinajstić information content (AvgIpc) is 2.84. The predicted molar refractivity (Wildman–Crippen MR) is 138 cm³/mol. The molecule has 3 aliphatic carbocycles. The van der Waals surface area contributed by atoms with Crippen molar-refractivity contribution in [1.82, 2.24) is 14.5 Å². The lowest BCUT2D eigenvalue weighted by Crippen LogP contribution is -2.40. The quantitative estimate of drug-likeness (QED) is 0.416. The molecule has 0 bridgehead atoms. The van der Waals surface area contributed by atoms with Crippen LogP contribution < -0.4 is 21.4 Å². The highest BCUT2D eigenvalue weighted by Gasteiger charge is 2.30. The van der Waals surface area contributed by atoms with Gasteiger partial charge in [0.05, 0.1) is 56.6 Å². The Balaban J connectivity index is 1.59. The standard InChI is InChI=1S/C29H26F3N5/c1-18-13-21(17-33-16-18)35-24-14-26-28(15-25(24)34-20-5-4-6-20)37(27-8-3-2-7-23(27)36-26)22-11-9-19(10-12-22)29(30,31)32/h7-17,20,35H,2-6H2,1H3. The van der Waals surface area contributed by atoms with E-state index in [1.54, 1.807) is 12.4 Å². The van der Waals surface area contributed by atoms with Gasteiger partial charge in [0.15, 0.2) is 0 Å². The Kier molecular flexibility index (Phi) is 5.82. The third-order valence-corrected chi connectivity index (χ3v) is 6.92. The maximum absolute atomic E-state index is 13.3. The molecule has 1 aromatic carbocycles. The number of halogens is 3. The number of hydrogen-bond acceptors (Lipinski definition) is 4. The summed E-state index contributed by atoms with van der Waals surface area (Å²) in [4.78, 5) is 14.3. The van der Waals surface area contributed by atoms with E-state index in [1.165, 1.54) is 12.1 Å². The molecule has 1 fully saturated rings. The summed E-state index contributed by atoms with van der Waals surface area (Å²) >= 11 is 0. The number of rotatable bonds is 4. The van der Waals surface area contributed by atoms with E-state index >= 15 is 0 Å². The van der Waals surface area contributed by atoms with Crippen molar-refractivity contribution in [3.8, 4) is 17.1 Å². The Morgan fingerprint density at radius 1 is 1.00 bits per heavy atom. The number of fused-ring (bicyclic) bond motifs is 2. The summed E-state index contributed by atoms with van der Waals surface area (Å²) in [6.07, 6.45) is 8.36. The van der Waals surface area contributed by atoms with Gasteiger partial charge in [-0.1, -0.05) is 12.2 Å². The summed E-state index contributed by atoms with van der Waals surface area (Å²) < 4.78 is 41.8. The minimum Gasteiger partial charge on any atom is -0.352 e. The van der Waals surface area contributed by atoms with Gasteiger partial charge in [-0.15, -0.1) is 0 Å². The Bertz CT molecular complexity index is 1630. The summed E-state index contributed by atoms with van der Waals surface area (Å²) in [6, 6.07) is 11.6. The Morgan fingerprint density at radius 3 is 2.49 bits per heavy atom. The topological polar surface area (TPSA) is 55.1 Å². The zero-order valence-corrected chi connectivity index (χ0v) is 20.4. The van der Waals surface area contributed by atoms with Crippen LogP contribution in [0, 0.1) is 6.92 Å². The van der Waals surface area contributed by atoms with Crippen LogP contribution in [-0.4, -0.2) is 20.6 Å². The first-order valence-electron chi connectivity index (χ1n) is 12.5. The van der Waals surface area contributed by atoms with Crippen LogP contribution in [0.3, 0.4) is 0 Å². The summed E-state index contributed by atoms with van der Waals surface area (Å²) in [5.41, 5.74) is 4.26. The molecule has 0 radical (unpaired) electrons. The van der Waals surface area contributed by atoms with Crippen molar-refractivity contribution in [2.75, 3.05) is 5.32 Å². The van der Waals surface area contributed by atoms with Crippen molar-refractivity contribution in [3.05, 3.63) is 82.0 Å². The molecule has 0 unspecified atom stereocenters. The van der Waals surface area contributed by atoms with E-state index in [1.807, 2.05) is 29.7 Å². The third kappa shape index (κ3) is 4.63. The Morgan fingerprint density at radius 2 is 1.78 bits per heavy atom. The fraction of sp³-hybridized carbons (Fsp3) is 0.276. The lowest BCUT2D eigenvalue weighted by Gasteiger charge is -2.23. The van der Waals surface area contributed by atoms with E-state index in [2.05, 4.69) is 22.5 Å². The molecule has 8 heteroatoms. The van der Waals surface area contributed by atoms with E-state index < -0.39 is 11.7 Å². The van der Waals surface area contributed by atoms with E-state index in [0.29, 0.717) is 5.69 Å². The van der Waals surface area contributed by atoms with Gasteiger partial charge in [0.2, 0.25) is 0 Å². The number of pyridine rings is 1. The van der Waals surface area contributed by atoms with Gasteiger partial charge in [-0.25, -0.2) is 4.98 Å². The van der Waals surface area contributed by atoms with Crippen LogP contribution in [0.4, 0.5) is 24.5 Å². The maximum Gasteiger partial charge on any atom is 0.416 e. The van der Waals surface area contributed by atoms with Gasteiger partial charge in [-0.3, -0.25) is 9.98 Å². The van der Waals surface area contributed by atoms with Gasteiger partial charge in [0.1, 0.15) is 0 Å². The predicted octanol–water partition coefficient (Wildman–Crippen LogP) is 5.25.